The summed E-state index contributed by atoms with van der Waals surface area (Å²) in [7, 11) is 0. The van der Waals surface area contributed by atoms with Crippen LogP contribution in [0.5, 0.6) is 0 Å². The van der Waals surface area contributed by atoms with Gasteiger partial charge in [0.15, 0.2) is 11.9 Å². The average Bonchev–Trinajstić information content (AvgIpc) is 2.44. The quantitative estimate of drug-likeness (QED) is 0.428. The summed E-state index contributed by atoms with van der Waals surface area (Å²) in [5.41, 5.74) is 1.41. The van der Waals surface area contributed by atoms with Gasteiger partial charge in [0.25, 0.3) is 0 Å². The fraction of sp³-hybridized carbons (Fsp3) is 0. The van der Waals surface area contributed by atoms with E-state index in [0.717, 1.165) is 0 Å². The molecule has 0 amide bonds. The number of nitrogens with one attached hydrogen (secondary N) is 5. The zero-order valence-electron chi connectivity index (χ0n) is 10.9. The smallest absolute Gasteiger partial charge is 0.199 e. The predicted octanol–water partition coefficient (Wildman–Crippen LogP) is 3.98. The van der Waals surface area contributed by atoms with Gasteiger partial charge in [0.1, 0.15) is 0 Å². The summed E-state index contributed by atoms with van der Waals surface area (Å²) in [4.78, 5) is 0. The van der Waals surface area contributed by atoms with Gasteiger partial charge in [0.05, 0.1) is 0 Å². The maximum absolute atomic E-state index is 7.75. The molecule has 21 heavy (non-hydrogen) atoms. The van der Waals surface area contributed by atoms with Crippen molar-refractivity contribution in [2.75, 3.05) is 10.6 Å². The number of hydrogen-bond donors (Lipinski definition) is 5. The van der Waals surface area contributed by atoms with E-state index in [4.69, 9.17) is 34.0 Å². The Hall–Kier alpha value is -2.24. The highest BCUT2D eigenvalue weighted by Gasteiger charge is 2.02. The lowest BCUT2D eigenvalue weighted by Crippen LogP contribution is -2.38. The van der Waals surface area contributed by atoms with Crippen molar-refractivity contribution in [2.24, 2.45) is 0 Å². The van der Waals surface area contributed by atoms with E-state index in [0.29, 0.717) is 21.4 Å². The van der Waals surface area contributed by atoms with Gasteiger partial charge < -0.3 is 10.6 Å². The summed E-state index contributed by atoms with van der Waals surface area (Å²) in [5.74, 6) is -0.0485. The molecule has 108 valence electrons. The Kier molecular flexibility index (Phi) is 5.03. The van der Waals surface area contributed by atoms with Crippen LogP contribution in [0.4, 0.5) is 11.4 Å². The van der Waals surface area contributed by atoms with Crippen LogP contribution in [0.15, 0.2) is 48.5 Å². The number of guanidine groups is 2. The molecule has 5 N–H and O–H groups in total. The van der Waals surface area contributed by atoms with Crippen molar-refractivity contribution in [1.82, 2.24) is 5.32 Å². The molecule has 0 aromatic heterocycles. The Labute approximate surface area is 132 Å². The highest BCUT2D eigenvalue weighted by molar-refractivity contribution is 6.31. The summed E-state index contributed by atoms with van der Waals surface area (Å²) >= 11 is 11.6. The van der Waals surface area contributed by atoms with Crippen molar-refractivity contribution in [3.8, 4) is 0 Å². The summed E-state index contributed by atoms with van der Waals surface area (Å²) in [6, 6.07) is 13.8. The van der Waals surface area contributed by atoms with E-state index < -0.39 is 0 Å². The molecule has 0 spiro atoms. The molecule has 2 aromatic rings. The van der Waals surface area contributed by atoms with Crippen LogP contribution in [0.1, 0.15) is 0 Å². The third-order valence-corrected chi connectivity index (χ3v) is 2.98. The molecule has 0 fully saturated rings. The normalized spacial score (nSPS) is 9.81. The van der Waals surface area contributed by atoms with Crippen LogP contribution in [0.25, 0.3) is 0 Å². The van der Waals surface area contributed by atoms with Crippen molar-refractivity contribution < 1.29 is 0 Å². The van der Waals surface area contributed by atoms with Gasteiger partial charge in [0.2, 0.25) is 0 Å². The zero-order chi connectivity index (χ0) is 15.2. The Bertz CT molecular complexity index is 580. The van der Waals surface area contributed by atoms with Crippen LogP contribution in [0, 0.1) is 10.8 Å². The lowest BCUT2D eigenvalue weighted by molar-refractivity contribution is 1.22. The van der Waals surface area contributed by atoms with E-state index in [9.17, 15) is 0 Å². The highest BCUT2D eigenvalue weighted by Crippen LogP contribution is 2.14. The fourth-order valence-electron chi connectivity index (χ4n) is 1.54. The molecule has 7 heteroatoms. The van der Waals surface area contributed by atoms with E-state index >= 15 is 0 Å². The van der Waals surface area contributed by atoms with Gasteiger partial charge in [-0.15, -0.1) is 0 Å². The predicted molar refractivity (Wildman–Crippen MR) is 88.7 cm³/mol. The molecule has 2 rings (SSSR count). The van der Waals surface area contributed by atoms with E-state index in [1.165, 1.54) is 0 Å². The average molecular weight is 322 g/mol. The van der Waals surface area contributed by atoms with Crippen LogP contribution < -0.4 is 16.0 Å². The largest absolute Gasteiger partial charge is 0.326 e. The monoisotopic (exact) mass is 321 g/mol. The Balaban J connectivity index is 1.85. The number of benzene rings is 2. The van der Waals surface area contributed by atoms with Crippen LogP contribution in [-0.4, -0.2) is 11.9 Å². The SMILES string of the molecule is N=C(NC(=N)Nc1ccc(Cl)cc1)Nc1ccc(Cl)cc1. The molecule has 0 aliphatic heterocycles. The molecule has 5 nitrogen and oxygen atoms in total. The lowest BCUT2D eigenvalue weighted by Gasteiger charge is -2.12. The first-order chi connectivity index (χ1) is 10.0. The highest BCUT2D eigenvalue weighted by atomic mass is 35.5. The summed E-state index contributed by atoms with van der Waals surface area (Å²) in [5, 5.41) is 24.9. The van der Waals surface area contributed by atoms with Crippen molar-refractivity contribution >= 4 is 46.5 Å². The van der Waals surface area contributed by atoms with E-state index in [2.05, 4.69) is 16.0 Å². The molecule has 0 saturated carbocycles. The summed E-state index contributed by atoms with van der Waals surface area (Å²) in [6.07, 6.45) is 0. The van der Waals surface area contributed by atoms with Crippen LogP contribution >= 0.6 is 23.2 Å². The van der Waals surface area contributed by atoms with Gasteiger partial charge in [-0.2, -0.15) is 0 Å². The van der Waals surface area contributed by atoms with Gasteiger partial charge in [0, 0.05) is 21.4 Å². The van der Waals surface area contributed by atoms with Crippen molar-refractivity contribution in [1.29, 1.82) is 10.8 Å². The first kappa shape index (κ1) is 15.2. The van der Waals surface area contributed by atoms with Gasteiger partial charge in [-0.3, -0.25) is 16.1 Å². The second kappa shape index (κ2) is 6.97. The summed E-state index contributed by atoms with van der Waals surface area (Å²) < 4.78 is 0. The number of rotatable bonds is 2. The maximum Gasteiger partial charge on any atom is 0.199 e. The van der Waals surface area contributed by atoms with Crippen LogP contribution in [-0.2, 0) is 0 Å². The number of halogens is 2. The molecular formula is C14H13Cl2N5. The molecule has 0 aliphatic rings. The Morgan fingerprint density at radius 3 is 1.33 bits per heavy atom. The standard InChI is InChI=1S/C14H13Cl2N5/c15-9-1-5-11(6-2-9)19-13(17)21-14(18)20-12-7-3-10(16)4-8-12/h1-8H,(H5,17,18,19,20,21). The molecule has 0 atom stereocenters. The minimum atomic E-state index is -0.0243. The second-order valence-electron chi connectivity index (χ2n) is 4.14. The summed E-state index contributed by atoms with van der Waals surface area (Å²) in [6.45, 7) is 0. The minimum Gasteiger partial charge on any atom is -0.326 e. The first-order valence-corrected chi connectivity index (χ1v) is 6.78. The molecule has 0 bridgehead atoms. The maximum atomic E-state index is 7.75. The van der Waals surface area contributed by atoms with Crippen LogP contribution in [0.3, 0.4) is 0 Å². The third-order valence-electron chi connectivity index (χ3n) is 2.48. The van der Waals surface area contributed by atoms with E-state index in [1.54, 1.807) is 48.5 Å². The number of hydrogen-bond acceptors (Lipinski definition) is 2. The van der Waals surface area contributed by atoms with Gasteiger partial charge in [-0.05, 0) is 48.5 Å². The lowest BCUT2D eigenvalue weighted by atomic mass is 10.3. The van der Waals surface area contributed by atoms with Crippen molar-refractivity contribution in [2.45, 2.75) is 0 Å². The van der Waals surface area contributed by atoms with Crippen LogP contribution in [0.2, 0.25) is 10.0 Å². The van der Waals surface area contributed by atoms with Crippen molar-refractivity contribution in [3.05, 3.63) is 58.6 Å². The fourth-order valence-corrected chi connectivity index (χ4v) is 1.79. The molecule has 0 saturated heterocycles. The third kappa shape index (κ3) is 4.98. The Morgan fingerprint density at radius 2 is 1.00 bits per heavy atom. The van der Waals surface area contributed by atoms with Gasteiger partial charge >= 0.3 is 0 Å². The number of anilines is 2. The molecule has 0 heterocycles. The zero-order valence-corrected chi connectivity index (χ0v) is 12.4. The topological polar surface area (TPSA) is 83.8 Å². The molecule has 2 aromatic carbocycles. The molecule has 0 radical (unpaired) electrons. The van der Waals surface area contributed by atoms with Gasteiger partial charge in [-0.25, -0.2) is 0 Å². The van der Waals surface area contributed by atoms with E-state index in [1.807, 2.05) is 0 Å². The van der Waals surface area contributed by atoms with Crippen molar-refractivity contribution in [3.63, 3.8) is 0 Å². The first-order valence-electron chi connectivity index (χ1n) is 6.02. The molecule has 0 unspecified atom stereocenters. The second-order valence-corrected chi connectivity index (χ2v) is 5.01. The van der Waals surface area contributed by atoms with Gasteiger partial charge in [-0.1, -0.05) is 23.2 Å². The van der Waals surface area contributed by atoms with E-state index in [-0.39, 0.29) is 11.9 Å². The minimum absolute atomic E-state index is 0.0243. The molecule has 0 aliphatic carbocycles. The molecular weight excluding hydrogens is 309 g/mol. The Morgan fingerprint density at radius 1 is 0.667 bits per heavy atom.